The molecule has 2 fully saturated rings. The van der Waals surface area contributed by atoms with Crippen LogP contribution in [0.1, 0.15) is 12.0 Å². The van der Waals surface area contributed by atoms with Crippen molar-refractivity contribution in [3.05, 3.63) is 35.9 Å². The van der Waals surface area contributed by atoms with Crippen molar-refractivity contribution < 1.29 is 14.3 Å². The zero-order valence-corrected chi connectivity index (χ0v) is 12.4. The van der Waals surface area contributed by atoms with E-state index < -0.39 is 0 Å². The Kier molecular flexibility index (Phi) is 3.72. The molecule has 3 atom stereocenters. The average Bonchev–Trinajstić information content (AvgIpc) is 3.06. The molecule has 0 saturated carbocycles. The number of amides is 1. The van der Waals surface area contributed by atoms with Gasteiger partial charge in [0.15, 0.2) is 5.81 Å². The summed E-state index contributed by atoms with van der Waals surface area (Å²) in [6.07, 6.45) is 0.853. The molecule has 0 radical (unpaired) electrons. The van der Waals surface area contributed by atoms with E-state index in [9.17, 15) is 9.59 Å². The molecule has 2 aliphatic heterocycles. The second-order valence-electron chi connectivity index (χ2n) is 5.75. The molecule has 0 aliphatic carbocycles. The zero-order valence-electron chi connectivity index (χ0n) is 12.4. The van der Waals surface area contributed by atoms with Gasteiger partial charge in [-0.3, -0.25) is 14.5 Å². The Morgan fingerprint density at radius 2 is 2.05 bits per heavy atom. The number of ether oxygens (including phenoxy) is 1. The van der Waals surface area contributed by atoms with Gasteiger partial charge in [-0.05, 0) is 12.0 Å². The van der Waals surface area contributed by atoms with Crippen molar-refractivity contribution in [1.29, 1.82) is 0 Å². The highest BCUT2D eigenvalue weighted by molar-refractivity contribution is 6.57. The first-order valence-corrected chi connectivity index (χ1v) is 7.26. The first-order chi connectivity index (χ1) is 10.1. The van der Waals surface area contributed by atoms with E-state index in [0.29, 0.717) is 13.1 Å². The van der Waals surface area contributed by atoms with Crippen LogP contribution in [0.25, 0.3) is 0 Å². The summed E-state index contributed by atoms with van der Waals surface area (Å²) in [5.41, 5.74) is 1.17. The van der Waals surface area contributed by atoms with E-state index in [1.54, 1.807) is 7.85 Å². The Labute approximate surface area is 125 Å². The standard InChI is InChI=1S/C15H19BN2O3/c1-21-14(19)13-12-7-11(9-18(12)15(16)20)17(13)8-10-5-3-2-4-6-10/h2-6,11-13H,7-9,16H2,1H3/t11?,12?,13-/m0/s1. The molecule has 110 valence electrons. The first-order valence-electron chi connectivity index (χ1n) is 7.26. The molecule has 5 nitrogen and oxygen atoms in total. The summed E-state index contributed by atoms with van der Waals surface area (Å²) in [7, 11) is 2.98. The van der Waals surface area contributed by atoms with E-state index in [1.807, 2.05) is 23.1 Å². The van der Waals surface area contributed by atoms with Crippen molar-refractivity contribution in [2.75, 3.05) is 13.7 Å². The van der Waals surface area contributed by atoms with Crippen molar-refractivity contribution in [2.24, 2.45) is 0 Å². The fourth-order valence-corrected chi connectivity index (χ4v) is 3.63. The smallest absolute Gasteiger partial charge is 0.325 e. The number of methoxy groups -OCH3 is 1. The number of likely N-dealkylation sites (tertiary alicyclic amines) is 2. The summed E-state index contributed by atoms with van der Waals surface area (Å²) in [4.78, 5) is 27.9. The van der Waals surface area contributed by atoms with Crippen LogP contribution in [0.5, 0.6) is 0 Å². The lowest BCUT2D eigenvalue weighted by atomic mass is 10.0. The molecule has 3 rings (SSSR count). The fourth-order valence-electron chi connectivity index (χ4n) is 3.63. The third-order valence-electron chi connectivity index (χ3n) is 4.57. The van der Waals surface area contributed by atoms with Crippen LogP contribution in [-0.2, 0) is 16.1 Å². The van der Waals surface area contributed by atoms with Crippen LogP contribution in [0.2, 0.25) is 0 Å². The highest BCUT2D eigenvalue weighted by Crippen LogP contribution is 2.37. The normalized spacial score (nSPS) is 27.9. The number of benzene rings is 1. The number of carbonyl (C=O) groups excluding carboxylic acids is 2. The zero-order chi connectivity index (χ0) is 15.0. The van der Waals surface area contributed by atoms with Gasteiger partial charge in [0.1, 0.15) is 6.04 Å². The van der Waals surface area contributed by atoms with Gasteiger partial charge in [0.05, 0.1) is 13.2 Å². The van der Waals surface area contributed by atoms with Gasteiger partial charge in [-0.25, -0.2) is 0 Å². The lowest BCUT2D eigenvalue weighted by Crippen LogP contribution is -2.57. The molecular weight excluding hydrogens is 267 g/mol. The minimum atomic E-state index is -0.349. The van der Waals surface area contributed by atoms with Crippen molar-refractivity contribution in [1.82, 2.24) is 9.80 Å². The second-order valence-corrected chi connectivity index (χ2v) is 5.75. The molecule has 2 bridgehead atoms. The lowest BCUT2D eigenvalue weighted by Gasteiger charge is -2.39. The Morgan fingerprint density at radius 1 is 1.33 bits per heavy atom. The third-order valence-corrected chi connectivity index (χ3v) is 4.57. The Hall–Kier alpha value is -1.82. The molecule has 0 N–H and O–H groups in total. The van der Waals surface area contributed by atoms with E-state index in [1.165, 1.54) is 12.7 Å². The summed E-state index contributed by atoms with van der Waals surface area (Å²) < 4.78 is 4.96. The van der Waals surface area contributed by atoms with Crippen molar-refractivity contribution in [2.45, 2.75) is 31.1 Å². The van der Waals surface area contributed by atoms with Gasteiger partial charge in [0.25, 0.3) is 0 Å². The van der Waals surface area contributed by atoms with E-state index in [0.717, 1.165) is 6.42 Å². The molecule has 1 amide bonds. The van der Waals surface area contributed by atoms with Crippen LogP contribution in [-0.4, -0.2) is 61.2 Å². The summed E-state index contributed by atoms with van der Waals surface area (Å²) in [6.45, 7) is 1.42. The minimum absolute atomic E-state index is 0.0377. The van der Waals surface area contributed by atoms with Crippen molar-refractivity contribution in [3.63, 3.8) is 0 Å². The molecule has 1 aromatic carbocycles. The van der Waals surface area contributed by atoms with E-state index >= 15 is 0 Å². The van der Waals surface area contributed by atoms with Crippen LogP contribution in [0.15, 0.2) is 30.3 Å². The number of esters is 1. The molecule has 2 saturated heterocycles. The second kappa shape index (κ2) is 5.52. The van der Waals surface area contributed by atoms with E-state index in [-0.39, 0.29) is 29.9 Å². The largest absolute Gasteiger partial charge is 0.468 e. The molecule has 2 heterocycles. The predicted octanol–water partition coefficient (Wildman–Crippen LogP) is 0.240. The monoisotopic (exact) mass is 286 g/mol. The van der Waals surface area contributed by atoms with Gasteiger partial charge in [-0.2, -0.15) is 0 Å². The van der Waals surface area contributed by atoms with Gasteiger partial charge in [-0.15, -0.1) is 0 Å². The predicted molar refractivity (Wildman–Crippen MR) is 80.6 cm³/mol. The average molecular weight is 286 g/mol. The quantitative estimate of drug-likeness (QED) is 0.590. The third kappa shape index (κ3) is 2.44. The topological polar surface area (TPSA) is 49.9 Å². The van der Waals surface area contributed by atoms with E-state index in [2.05, 4.69) is 17.0 Å². The van der Waals surface area contributed by atoms with Crippen LogP contribution in [0.4, 0.5) is 4.79 Å². The first kappa shape index (κ1) is 14.1. The van der Waals surface area contributed by atoms with Crippen LogP contribution >= 0.6 is 0 Å². The molecule has 21 heavy (non-hydrogen) atoms. The maximum atomic E-state index is 12.2. The number of carbonyl (C=O) groups is 2. The molecular formula is C15H19BN2O3. The van der Waals surface area contributed by atoms with Gasteiger partial charge in [0.2, 0.25) is 7.85 Å². The number of piperazine rings is 1. The Bertz CT molecular complexity index is 551. The van der Waals surface area contributed by atoms with Gasteiger partial charge >= 0.3 is 5.97 Å². The van der Waals surface area contributed by atoms with Crippen LogP contribution < -0.4 is 0 Å². The summed E-state index contributed by atoms with van der Waals surface area (Å²) in [5, 5.41) is 0. The highest BCUT2D eigenvalue weighted by atomic mass is 16.5. The molecule has 2 unspecified atom stereocenters. The summed E-state index contributed by atoms with van der Waals surface area (Å²) >= 11 is 0. The van der Waals surface area contributed by atoms with E-state index in [4.69, 9.17) is 4.74 Å². The van der Waals surface area contributed by atoms with Crippen molar-refractivity contribution in [3.8, 4) is 0 Å². The van der Waals surface area contributed by atoms with Gasteiger partial charge in [0, 0.05) is 19.1 Å². The minimum Gasteiger partial charge on any atom is -0.468 e. The Morgan fingerprint density at radius 3 is 2.67 bits per heavy atom. The molecule has 6 heteroatoms. The molecule has 0 aromatic heterocycles. The maximum absolute atomic E-state index is 12.2. The van der Waals surface area contributed by atoms with Gasteiger partial charge < -0.3 is 9.64 Å². The SMILES string of the molecule is BC(=O)N1CC2CC1[C@@H](C(=O)OC)N2Cc1ccccc1. The highest BCUT2D eigenvalue weighted by Gasteiger charge is 2.54. The molecule has 2 aliphatic rings. The van der Waals surface area contributed by atoms with Crippen LogP contribution in [0, 0.1) is 0 Å². The Balaban J connectivity index is 1.83. The van der Waals surface area contributed by atoms with Gasteiger partial charge in [-0.1, -0.05) is 30.3 Å². The number of rotatable bonds is 3. The number of nitrogens with zero attached hydrogens (tertiary/aromatic N) is 2. The number of hydrogen-bond acceptors (Lipinski definition) is 4. The summed E-state index contributed by atoms with van der Waals surface area (Å²) in [5.74, 6) is -0.208. The number of fused-ring (bicyclic) bond motifs is 2. The molecule has 0 spiro atoms. The van der Waals surface area contributed by atoms with Crippen LogP contribution in [0.3, 0.4) is 0 Å². The maximum Gasteiger partial charge on any atom is 0.325 e. The van der Waals surface area contributed by atoms with Crippen molar-refractivity contribution >= 4 is 19.6 Å². The lowest BCUT2D eigenvalue weighted by molar-refractivity contribution is -0.149. The summed E-state index contributed by atoms with van der Waals surface area (Å²) in [6, 6.07) is 9.93. The number of hydrogen-bond donors (Lipinski definition) is 0. The fraction of sp³-hybridized carbons (Fsp3) is 0.467. The molecule has 1 aromatic rings.